The maximum Gasteiger partial charge on any atom is 0.306 e. The molecule has 0 bridgehead atoms. The smallest absolute Gasteiger partial charge is 0.306 e. The zero-order valence-corrected chi connectivity index (χ0v) is 49.2. The summed E-state index contributed by atoms with van der Waals surface area (Å²) in [5.74, 6) is -0.939. The summed E-state index contributed by atoms with van der Waals surface area (Å²) in [7, 11) is 0. The van der Waals surface area contributed by atoms with Crippen molar-refractivity contribution in [2.75, 3.05) is 13.2 Å². The van der Waals surface area contributed by atoms with E-state index in [1.807, 2.05) is 0 Å². The Hall–Kier alpha value is -4.45. The van der Waals surface area contributed by atoms with Gasteiger partial charge in [-0.05, 0) is 135 Å². The van der Waals surface area contributed by atoms with Crippen LogP contribution in [0.4, 0.5) is 0 Å². The molecule has 0 spiro atoms. The number of unbranched alkanes of at least 4 members (excludes halogenated alkanes) is 22. The van der Waals surface area contributed by atoms with Crippen LogP contribution in [0.25, 0.3) is 0 Å². The predicted molar refractivity (Wildman–Crippen MR) is 329 cm³/mol. The van der Waals surface area contributed by atoms with Crippen molar-refractivity contribution in [3.63, 3.8) is 0 Å². The Morgan fingerprint density at radius 3 is 0.829 bits per heavy atom. The van der Waals surface area contributed by atoms with E-state index in [4.69, 9.17) is 14.2 Å². The number of allylic oxidation sites excluding steroid dienone is 22. The maximum atomic E-state index is 12.8. The summed E-state index contributed by atoms with van der Waals surface area (Å²) in [4.78, 5) is 38.1. The summed E-state index contributed by atoms with van der Waals surface area (Å²) < 4.78 is 16.8. The highest BCUT2D eigenvalue weighted by Crippen LogP contribution is 2.15. The third kappa shape index (κ3) is 60.4. The van der Waals surface area contributed by atoms with Gasteiger partial charge in [0.15, 0.2) is 6.10 Å². The Bertz CT molecular complexity index is 1630. The lowest BCUT2D eigenvalue weighted by Crippen LogP contribution is -2.30. The summed E-state index contributed by atoms with van der Waals surface area (Å²) in [5, 5.41) is 0. The lowest BCUT2D eigenvalue weighted by molar-refractivity contribution is -0.167. The molecule has 0 aromatic carbocycles. The minimum Gasteiger partial charge on any atom is -0.462 e. The fourth-order valence-corrected chi connectivity index (χ4v) is 8.25. The highest BCUT2D eigenvalue weighted by molar-refractivity contribution is 5.71. The monoisotopic (exact) mass is 1050 g/mol. The number of carbonyl (C=O) groups excluding carboxylic acids is 3. The summed E-state index contributed by atoms with van der Waals surface area (Å²) in [6.07, 6.45) is 89.0. The fraction of sp³-hybridized carbons (Fsp3) is 0.643. The van der Waals surface area contributed by atoms with Gasteiger partial charge in [0.2, 0.25) is 0 Å². The van der Waals surface area contributed by atoms with Crippen LogP contribution >= 0.6 is 0 Å². The van der Waals surface area contributed by atoms with E-state index in [-0.39, 0.29) is 37.5 Å². The molecule has 6 nitrogen and oxygen atoms in total. The van der Waals surface area contributed by atoms with Crippen molar-refractivity contribution < 1.29 is 28.6 Å². The molecule has 1 atom stereocenters. The Kier molecular flexibility index (Phi) is 59.4. The van der Waals surface area contributed by atoms with Crippen LogP contribution in [0.15, 0.2) is 134 Å². The van der Waals surface area contributed by atoms with Crippen LogP contribution in [-0.4, -0.2) is 37.2 Å². The van der Waals surface area contributed by atoms with Crippen molar-refractivity contribution in [2.24, 2.45) is 0 Å². The van der Waals surface area contributed by atoms with Gasteiger partial charge in [0.05, 0.1) is 0 Å². The number of carbonyl (C=O) groups is 3. The molecule has 0 rings (SSSR count). The first-order valence-electron chi connectivity index (χ1n) is 31.2. The van der Waals surface area contributed by atoms with Crippen molar-refractivity contribution in [2.45, 2.75) is 277 Å². The standard InChI is InChI=1S/C70H114O6/c1-4-7-10-13-16-19-22-25-26-27-28-29-30-31-32-33-34-35-36-37-38-39-40-41-42-43-44-46-48-51-54-57-60-63-69(72)75-66-67(65-74-68(71)62-59-56-53-50-47-24-21-18-15-12-9-6-3)76-70(73)64-61-58-55-52-49-45-23-20-17-14-11-8-5-2/h7-8,10-11,16-21,25-26,28-29,31-32,34-35,37-38,45,49,67H,4-6,9,12-15,22-24,27,30,33,36,39-44,46-48,50-66H2,1-3H3/b10-7-,11-8-,19-16-,20-17-,21-18-,26-25-,29-28-,32-31-,35-34-,38-37-,49-45-. The highest BCUT2D eigenvalue weighted by Gasteiger charge is 2.19. The van der Waals surface area contributed by atoms with Gasteiger partial charge >= 0.3 is 17.9 Å². The molecule has 0 aliphatic carbocycles. The van der Waals surface area contributed by atoms with Crippen molar-refractivity contribution in [1.82, 2.24) is 0 Å². The number of esters is 3. The van der Waals surface area contributed by atoms with Gasteiger partial charge in [0, 0.05) is 19.3 Å². The van der Waals surface area contributed by atoms with E-state index >= 15 is 0 Å². The van der Waals surface area contributed by atoms with E-state index in [0.29, 0.717) is 12.8 Å². The largest absolute Gasteiger partial charge is 0.462 e. The van der Waals surface area contributed by atoms with Gasteiger partial charge in [-0.15, -0.1) is 0 Å². The van der Waals surface area contributed by atoms with E-state index in [2.05, 4.69) is 154 Å². The molecular formula is C70H114O6. The van der Waals surface area contributed by atoms with E-state index in [1.54, 1.807) is 0 Å². The van der Waals surface area contributed by atoms with Gasteiger partial charge in [0.25, 0.3) is 0 Å². The second kappa shape index (κ2) is 63.1. The normalized spacial score (nSPS) is 13.0. The van der Waals surface area contributed by atoms with Crippen molar-refractivity contribution in [3.8, 4) is 0 Å². The molecular weight excluding hydrogens is 937 g/mol. The van der Waals surface area contributed by atoms with Gasteiger partial charge in [-0.3, -0.25) is 14.4 Å². The molecule has 0 N–H and O–H groups in total. The molecule has 0 radical (unpaired) electrons. The van der Waals surface area contributed by atoms with Crippen LogP contribution in [0.5, 0.6) is 0 Å². The molecule has 0 aromatic rings. The van der Waals surface area contributed by atoms with E-state index < -0.39 is 6.10 Å². The third-order valence-electron chi connectivity index (χ3n) is 12.9. The quantitative estimate of drug-likeness (QED) is 0.0261. The van der Waals surface area contributed by atoms with Crippen LogP contribution in [0.2, 0.25) is 0 Å². The Balaban J connectivity index is 4.21. The van der Waals surface area contributed by atoms with Gasteiger partial charge < -0.3 is 14.2 Å². The second-order valence-electron chi connectivity index (χ2n) is 20.2. The van der Waals surface area contributed by atoms with Gasteiger partial charge in [0.1, 0.15) is 13.2 Å². The predicted octanol–water partition coefficient (Wildman–Crippen LogP) is 21.4. The van der Waals surface area contributed by atoms with E-state index in [0.717, 1.165) is 141 Å². The minimum atomic E-state index is -0.801. The van der Waals surface area contributed by atoms with E-state index in [1.165, 1.54) is 89.9 Å². The first kappa shape index (κ1) is 71.5. The van der Waals surface area contributed by atoms with Gasteiger partial charge in [-0.25, -0.2) is 0 Å². The summed E-state index contributed by atoms with van der Waals surface area (Å²) in [6.45, 7) is 6.35. The average Bonchev–Trinajstić information content (AvgIpc) is 3.42. The first-order chi connectivity index (χ1) is 37.5. The molecule has 430 valence electrons. The molecule has 0 aromatic heterocycles. The highest BCUT2D eigenvalue weighted by atomic mass is 16.6. The molecule has 0 saturated carbocycles. The Morgan fingerprint density at radius 1 is 0.276 bits per heavy atom. The topological polar surface area (TPSA) is 78.9 Å². The molecule has 76 heavy (non-hydrogen) atoms. The fourth-order valence-electron chi connectivity index (χ4n) is 8.25. The first-order valence-corrected chi connectivity index (χ1v) is 31.2. The Morgan fingerprint density at radius 2 is 0.513 bits per heavy atom. The zero-order valence-electron chi connectivity index (χ0n) is 49.2. The molecule has 0 aliphatic heterocycles. The molecule has 1 unspecified atom stereocenters. The van der Waals surface area contributed by atoms with Gasteiger partial charge in [-0.1, -0.05) is 251 Å². The Labute approximate surface area is 468 Å². The maximum absolute atomic E-state index is 12.8. The molecule has 0 saturated heterocycles. The second-order valence-corrected chi connectivity index (χ2v) is 20.2. The van der Waals surface area contributed by atoms with Crippen LogP contribution < -0.4 is 0 Å². The van der Waals surface area contributed by atoms with Crippen LogP contribution in [0.3, 0.4) is 0 Å². The lowest BCUT2D eigenvalue weighted by Gasteiger charge is -2.18. The van der Waals surface area contributed by atoms with Crippen molar-refractivity contribution in [3.05, 3.63) is 134 Å². The number of ether oxygens (including phenoxy) is 3. The summed E-state index contributed by atoms with van der Waals surface area (Å²) in [5.41, 5.74) is 0. The zero-order chi connectivity index (χ0) is 55.0. The third-order valence-corrected chi connectivity index (χ3v) is 12.9. The van der Waals surface area contributed by atoms with Crippen LogP contribution in [-0.2, 0) is 28.6 Å². The average molecular weight is 1050 g/mol. The molecule has 0 aliphatic rings. The molecule has 6 heteroatoms. The minimum absolute atomic E-state index is 0.0964. The SMILES string of the molecule is CC/C=C\C/C=C\C/C=C\C/C=C\C/C=C\C/C=C\C/C=C\CCCCCCCCCCCCCC(=O)OCC(COC(=O)CCCCCCC/C=C\CCCCC)OC(=O)CCCCC/C=C\C/C=C\C/C=C\CC. The number of rotatable bonds is 55. The van der Waals surface area contributed by atoms with Crippen LogP contribution in [0, 0.1) is 0 Å². The molecule has 0 fully saturated rings. The van der Waals surface area contributed by atoms with Crippen molar-refractivity contribution in [1.29, 1.82) is 0 Å². The molecule has 0 amide bonds. The molecule has 0 heterocycles. The van der Waals surface area contributed by atoms with Crippen LogP contribution in [0.1, 0.15) is 271 Å². The lowest BCUT2D eigenvalue weighted by atomic mass is 10.0. The number of hydrogen-bond donors (Lipinski definition) is 0. The van der Waals surface area contributed by atoms with Crippen molar-refractivity contribution >= 4 is 17.9 Å². The summed E-state index contributed by atoms with van der Waals surface area (Å²) in [6, 6.07) is 0. The summed E-state index contributed by atoms with van der Waals surface area (Å²) >= 11 is 0. The van der Waals surface area contributed by atoms with E-state index in [9.17, 15) is 14.4 Å². The van der Waals surface area contributed by atoms with Gasteiger partial charge in [-0.2, -0.15) is 0 Å². The number of hydrogen-bond acceptors (Lipinski definition) is 6.